The molecule has 4 rings (SSSR count). The zero-order valence-corrected chi connectivity index (χ0v) is 18.5. The fourth-order valence-corrected chi connectivity index (χ4v) is 4.05. The first-order valence-corrected chi connectivity index (χ1v) is 10.9. The van der Waals surface area contributed by atoms with E-state index in [4.69, 9.17) is 0 Å². The molecule has 2 N–H and O–H groups in total. The Hall–Kier alpha value is -3.81. The maximum atomic E-state index is 13.0. The zero-order chi connectivity index (χ0) is 24.3. The second kappa shape index (κ2) is 9.59. The molecule has 34 heavy (non-hydrogen) atoms. The number of amides is 3. The average molecular weight is 467 g/mol. The van der Waals surface area contributed by atoms with Crippen LogP contribution in [0.4, 0.5) is 29.3 Å². The molecule has 0 bridgehead atoms. The van der Waals surface area contributed by atoms with Gasteiger partial charge in [0, 0.05) is 17.9 Å². The van der Waals surface area contributed by atoms with Gasteiger partial charge in [-0.15, -0.1) is 0 Å². The number of aryl methyl sites for hydroxylation is 1. The number of hydrogen-bond acceptors (Lipinski definition) is 2. The van der Waals surface area contributed by atoms with Gasteiger partial charge in [-0.25, -0.2) is 4.79 Å². The fraction of sp³-hybridized carbons (Fsp3) is 0.231. The number of nitrogens with zero attached hydrogens (tertiary/aromatic N) is 1. The summed E-state index contributed by atoms with van der Waals surface area (Å²) in [6.07, 6.45) is -3.26. The first-order valence-electron chi connectivity index (χ1n) is 10.9. The number of anilines is 2. The van der Waals surface area contributed by atoms with Gasteiger partial charge in [-0.05, 0) is 72.9 Å². The zero-order valence-electron chi connectivity index (χ0n) is 18.5. The summed E-state index contributed by atoms with van der Waals surface area (Å²) in [5.74, 6) is -0.225. The molecule has 1 atom stereocenters. The summed E-state index contributed by atoms with van der Waals surface area (Å²) < 4.78 is 38.1. The Kier molecular flexibility index (Phi) is 6.58. The molecule has 1 unspecified atom stereocenters. The van der Waals surface area contributed by atoms with Gasteiger partial charge in [0.25, 0.3) is 0 Å². The summed E-state index contributed by atoms with van der Waals surface area (Å²) in [6, 6.07) is 18.6. The first kappa shape index (κ1) is 23.4. The molecule has 3 aromatic carbocycles. The van der Waals surface area contributed by atoms with Gasteiger partial charge in [-0.2, -0.15) is 13.2 Å². The second-order valence-electron chi connectivity index (χ2n) is 8.22. The van der Waals surface area contributed by atoms with E-state index in [2.05, 4.69) is 10.6 Å². The molecule has 8 heteroatoms. The Morgan fingerprint density at radius 1 is 0.971 bits per heavy atom. The van der Waals surface area contributed by atoms with Gasteiger partial charge in [0.05, 0.1) is 5.56 Å². The number of piperidine rings is 1. The van der Waals surface area contributed by atoms with Crippen molar-refractivity contribution in [2.24, 2.45) is 0 Å². The summed E-state index contributed by atoms with van der Waals surface area (Å²) >= 11 is 0. The lowest BCUT2D eigenvalue weighted by Crippen LogP contribution is -2.53. The number of benzene rings is 3. The molecule has 5 nitrogen and oxygen atoms in total. The highest BCUT2D eigenvalue weighted by Crippen LogP contribution is 2.30. The third kappa shape index (κ3) is 5.22. The lowest BCUT2D eigenvalue weighted by atomic mass is 9.99. The molecule has 0 spiro atoms. The molecule has 1 fully saturated rings. The number of nitrogens with one attached hydrogen (secondary N) is 2. The summed E-state index contributed by atoms with van der Waals surface area (Å²) in [7, 11) is 0. The Balaban J connectivity index is 1.40. The van der Waals surface area contributed by atoms with Crippen LogP contribution < -0.4 is 15.5 Å². The number of carbonyl (C=O) groups excluding carboxylic acids is 2. The largest absolute Gasteiger partial charge is 0.416 e. The summed E-state index contributed by atoms with van der Waals surface area (Å²) in [5, 5.41) is 5.13. The highest BCUT2D eigenvalue weighted by Gasteiger charge is 2.32. The summed E-state index contributed by atoms with van der Waals surface area (Å²) in [4.78, 5) is 27.1. The van der Waals surface area contributed by atoms with Crippen LogP contribution in [0.5, 0.6) is 0 Å². The fourth-order valence-electron chi connectivity index (χ4n) is 4.05. The number of rotatable bonds is 4. The van der Waals surface area contributed by atoms with E-state index in [-0.39, 0.29) is 11.6 Å². The molecule has 0 aromatic heterocycles. The van der Waals surface area contributed by atoms with Gasteiger partial charge in [0.15, 0.2) is 0 Å². The van der Waals surface area contributed by atoms with E-state index < -0.39 is 23.8 Å². The molecule has 1 heterocycles. The number of hydrogen-bond donors (Lipinski definition) is 2. The number of urea groups is 1. The van der Waals surface area contributed by atoms with Crippen LogP contribution in [0.15, 0.2) is 72.8 Å². The minimum Gasteiger partial charge on any atom is -0.326 e. The number of carbonyl (C=O) groups is 2. The maximum absolute atomic E-state index is 13.0. The molecule has 1 aliphatic heterocycles. The van der Waals surface area contributed by atoms with Crippen LogP contribution in [0.2, 0.25) is 0 Å². The quantitative estimate of drug-likeness (QED) is 0.495. The minimum absolute atomic E-state index is 0.206. The topological polar surface area (TPSA) is 61.4 Å². The van der Waals surface area contributed by atoms with E-state index >= 15 is 0 Å². The van der Waals surface area contributed by atoms with Crippen LogP contribution in [-0.2, 0) is 11.0 Å². The normalized spacial score (nSPS) is 16.3. The van der Waals surface area contributed by atoms with Crippen molar-refractivity contribution in [1.82, 2.24) is 5.32 Å². The SMILES string of the molecule is Cc1ccccc1-c1ccc(N2CCCC(NC(=O)Nc3ccc(C(F)(F)F)cc3)C2=O)cc1. The predicted octanol–water partition coefficient (Wildman–Crippen LogP) is 6.00. The molecule has 0 aliphatic carbocycles. The number of halogens is 3. The standard InChI is InChI=1S/C26H24F3N3O2/c1-17-5-2-3-6-22(17)18-8-14-21(15-9-18)32-16-4-7-23(24(32)33)31-25(34)30-20-12-10-19(11-13-20)26(27,28)29/h2-3,5-6,8-15,23H,4,7,16H2,1H3,(H2,30,31,34). The Labute approximate surface area is 195 Å². The minimum atomic E-state index is -4.45. The van der Waals surface area contributed by atoms with Crippen LogP contribution >= 0.6 is 0 Å². The van der Waals surface area contributed by atoms with E-state index in [0.717, 1.165) is 34.5 Å². The molecular weight excluding hydrogens is 443 g/mol. The van der Waals surface area contributed by atoms with E-state index in [9.17, 15) is 22.8 Å². The molecule has 3 aromatic rings. The monoisotopic (exact) mass is 467 g/mol. The molecular formula is C26H24F3N3O2. The van der Waals surface area contributed by atoms with Gasteiger partial charge in [0.1, 0.15) is 6.04 Å². The second-order valence-corrected chi connectivity index (χ2v) is 8.22. The van der Waals surface area contributed by atoms with E-state index in [1.807, 2.05) is 55.5 Å². The average Bonchev–Trinajstić information content (AvgIpc) is 2.81. The molecule has 1 aliphatic rings. The van der Waals surface area contributed by atoms with Crippen LogP contribution in [0.25, 0.3) is 11.1 Å². The van der Waals surface area contributed by atoms with Crippen molar-refractivity contribution in [2.45, 2.75) is 32.0 Å². The Morgan fingerprint density at radius 3 is 2.29 bits per heavy atom. The van der Waals surface area contributed by atoms with Crippen LogP contribution in [0.1, 0.15) is 24.0 Å². The molecule has 1 saturated heterocycles. The molecule has 0 saturated carbocycles. The van der Waals surface area contributed by atoms with Gasteiger partial charge in [-0.3, -0.25) is 4.79 Å². The van der Waals surface area contributed by atoms with Crippen molar-refractivity contribution in [1.29, 1.82) is 0 Å². The summed E-state index contributed by atoms with van der Waals surface area (Å²) in [6.45, 7) is 2.59. The van der Waals surface area contributed by atoms with Gasteiger partial charge < -0.3 is 15.5 Å². The van der Waals surface area contributed by atoms with Crippen LogP contribution in [0.3, 0.4) is 0 Å². The third-order valence-electron chi connectivity index (χ3n) is 5.85. The van der Waals surface area contributed by atoms with E-state index in [0.29, 0.717) is 19.4 Å². The van der Waals surface area contributed by atoms with Crippen molar-refractivity contribution in [3.8, 4) is 11.1 Å². The Morgan fingerprint density at radius 2 is 1.65 bits per heavy atom. The van der Waals surface area contributed by atoms with Crippen molar-refractivity contribution >= 4 is 23.3 Å². The molecule has 176 valence electrons. The molecule has 0 radical (unpaired) electrons. The van der Waals surface area contributed by atoms with Crippen LogP contribution in [-0.4, -0.2) is 24.5 Å². The van der Waals surface area contributed by atoms with Crippen molar-refractivity contribution in [2.75, 3.05) is 16.8 Å². The van der Waals surface area contributed by atoms with Gasteiger partial charge in [0.2, 0.25) is 5.91 Å². The summed E-state index contributed by atoms with van der Waals surface area (Å²) in [5.41, 5.74) is 3.49. The maximum Gasteiger partial charge on any atom is 0.416 e. The van der Waals surface area contributed by atoms with Crippen molar-refractivity contribution in [3.05, 3.63) is 83.9 Å². The van der Waals surface area contributed by atoms with Gasteiger partial charge >= 0.3 is 12.2 Å². The third-order valence-corrected chi connectivity index (χ3v) is 5.85. The number of alkyl halides is 3. The van der Waals surface area contributed by atoms with Crippen LogP contribution in [0, 0.1) is 6.92 Å². The predicted molar refractivity (Wildman–Crippen MR) is 126 cm³/mol. The van der Waals surface area contributed by atoms with Crippen molar-refractivity contribution in [3.63, 3.8) is 0 Å². The van der Waals surface area contributed by atoms with Crippen molar-refractivity contribution < 1.29 is 22.8 Å². The van der Waals surface area contributed by atoms with E-state index in [1.165, 1.54) is 12.1 Å². The smallest absolute Gasteiger partial charge is 0.326 e. The van der Waals surface area contributed by atoms with Gasteiger partial charge in [-0.1, -0.05) is 36.4 Å². The highest BCUT2D eigenvalue weighted by atomic mass is 19.4. The lowest BCUT2D eigenvalue weighted by molar-refractivity contribution is -0.137. The lowest BCUT2D eigenvalue weighted by Gasteiger charge is -2.32. The van der Waals surface area contributed by atoms with E-state index in [1.54, 1.807) is 4.90 Å². The highest BCUT2D eigenvalue weighted by molar-refractivity contribution is 6.01. The first-order chi connectivity index (χ1) is 16.2. The molecule has 3 amide bonds. The Bertz CT molecular complexity index is 1180.